The average Bonchev–Trinajstić information content (AvgIpc) is 2.55. The minimum absolute atomic E-state index is 0.113. The summed E-state index contributed by atoms with van der Waals surface area (Å²) in [5.74, 6) is 0.630. The fourth-order valence-corrected chi connectivity index (χ4v) is 2.26. The molecule has 0 saturated heterocycles. The van der Waals surface area contributed by atoms with Gasteiger partial charge in [-0.1, -0.05) is 22.0 Å². The molecule has 0 spiro atoms. The van der Waals surface area contributed by atoms with Gasteiger partial charge in [-0.05, 0) is 42.5 Å². The van der Waals surface area contributed by atoms with Gasteiger partial charge in [0.15, 0.2) is 0 Å². The summed E-state index contributed by atoms with van der Waals surface area (Å²) >= 11 is 3.39. The Hall–Kier alpha value is -2.05. The number of hydrogen-bond acceptors (Lipinski definition) is 4. The second-order valence-electron chi connectivity index (χ2n) is 4.78. The Morgan fingerprint density at radius 2 is 1.87 bits per heavy atom. The molecule has 2 N–H and O–H groups in total. The summed E-state index contributed by atoms with van der Waals surface area (Å²) in [7, 11) is 1.63. The van der Waals surface area contributed by atoms with Crippen molar-refractivity contribution in [1.82, 2.24) is 0 Å². The molecule has 122 valence electrons. The van der Waals surface area contributed by atoms with Crippen molar-refractivity contribution >= 4 is 33.2 Å². The van der Waals surface area contributed by atoms with Gasteiger partial charge < -0.3 is 20.1 Å². The van der Waals surface area contributed by atoms with E-state index in [2.05, 4.69) is 26.6 Å². The van der Waals surface area contributed by atoms with Crippen LogP contribution < -0.4 is 15.4 Å². The fourth-order valence-electron chi connectivity index (χ4n) is 1.86. The van der Waals surface area contributed by atoms with Gasteiger partial charge in [0, 0.05) is 23.0 Å². The molecule has 0 fully saturated rings. The monoisotopic (exact) mass is 378 g/mol. The van der Waals surface area contributed by atoms with E-state index < -0.39 is 0 Å². The van der Waals surface area contributed by atoms with Gasteiger partial charge in [0.1, 0.15) is 12.4 Å². The highest BCUT2D eigenvalue weighted by Gasteiger charge is 2.03. The molecule has 0 aromatic heterocycles. The lowest BCUT2D eigenvalue weighted by molar-refractivity contribution is -0.114. The van der Waals surface area contributed by atoms with Crippen LogP contribution in [0.1, 0.15) is 0 Å². The number of carbonyl (C=O) groups excluding carboxylic acids is 1. The largest absolute Gasteiger partial charge is 0.491 e. The molecule has 2 aromatic carbocycles. The number of hydrogen-bond donors (Lipinski definition) is 2. The molecule has 0 saturated carbocycles. The van der Waals surface area contributed by atoms with Gasteiger partial charge in [-0.25, -0.2) is 0 Å². The highest BCUT2D eigenvalue weighted by Crippen LogP contribution is 2.17. The molecule has 0 radical (unpaired) electrons. The molecule has 0 bridgehead atoms. The molecule has 0 unspecified atom stereocenters. The number of rotatable bonds is 8. The Morgan fingerprint density at radius 1 is 1.09 bits per heavy atom. The first kappa shape index (κ1) is 17.3. The molecular weight excluding hydrogens is 360 g/mol. The van der Waals surface area contributed by atoms with E-state index in [1.165, 1.54) is 0 Å². The maximum absolute atomic E-state index is 11.9. The molecule has 0 heterocycles. The maximum Gasteiger partial charge on any atom is 0.243 e. The van der Waals surface area contributed by atoms with Crippen LogP contribution in [0.15, 0.2) is 53.0 Å². The van der Waals surface area contributed by atoms with Crippen molar-refractivity contribution in [1.29, 1.82) is 0 Å². The van der Waals surface area contributed by atoms with Gasteiger partial charge in [0.05, 0.1) is 13.2 Å². The number of nitrogens with one attached hydrogen (secondary N) is 2. The third-order valence-electron chi connectivity index (χ3n) is 2.97. The zero-order chi connectivity index (χ0) is 16.5. The van der Waals surface area contributed by atoms with Crippen molar-refractivity contribution in [3.63, 3.8) is 0 Å². The van der Waals surface area contributed by atoms with Crippen LogP contribution >= 0.6 is 15.9 Å². The molecule has 6 heteroatoms. The normalized spacial score (nSPS) is 10.2. The summed E-state index contributed by atoms with van der Waals surface area (Å²) in [6, 6.07) is 14.9. The Morgan fingerprint density at radius 3 is 2.57 bits per heavy atom. The molecule has 0 aliphatic carbocycles. The van der Waals surface area contributed by atoms with Gasteiger partial charge in [-0.3, -0.25) is 4.79 Å². The van der Waals surface area contributed by atoms with Crippen molar-refractivity contribution in [2.45, 2.75) is 0 Å². The van der Waals surface area contributed by atoms with Crippen LogP contribution in [0.5, 0.6) is 5.75 Å². The van der Waals surface area contributed by atoms with Crippen LogP contribution in [-0.2, 0) is 9.53 Å². The Labute approximate surface area is 144 Å². The van der Waals surface area contributed by atoms with E-state index in [4.69, 9.17) is 9.47 Å². The Kier molecular flexibility index (Phi) is 6.90. The second-order valence-corrected chi connectivity index (χ2v) is 5.69. The fraction of sp³-hybridized carbons (Fsp3) is 0.235. The number of halogens is 1. The van der Waals surface area contributed by atoms with E-state index in [0.717, 1.165) is 21.6 Å². The summed E-state index contributed by atoms with van der Waals surface area (Å²) < 4.78 is 11.4. The predicted octanol–water partition coefficient (Wildman–Crippen LogP) is 3.52. The predicted molar refractivity (Wildman–Crippen MR) is 95.1 cm³/mol. The summed E-state index contributed by atoms with van der Waals surface area (Å²) in [4.78, 5) is 11.9. The SMILES string of the molecule is COCCOc1ccc(NC(=O)CNc2cccc(Br)c2)cc1. The number of ether oxygens (including phenoxy) is 2. The van der Waals surface area contributed by atoms with Crippen molar-refractivity contribution < 1.29 is 14.3 Å². The minimum atomic E-state index is -0.113. The van der Waals surface area contributed by atoms with Crippen LogP contribution in [0.2, 0.25) is 0 Å². The summed E-state index contributed by atoms with van der Waals surface area (Å²) in [6.45, 7) is 1.24. The van der Waals surface area contributed by atoms with Crippen LogP contribution in [-0.4, -0.2) is 32.8 Å². The number of methoxy groups -OCH3 is 1. The van der Waals surface area contributed by atoms with Gasteiger partial charge in [-0.15, -0.1) is 0 Å². The van der Waals surface area contributed by atoms with Gasteiger partial charge in [0.25, 0.3) is 0 Å². The summed E-state index contributed by atoms with van der Waals surface area (Å²) in [5, 5.41) is 5.90. The molecule has 0 aliphatic heterocycles. The topological polar surface area (TPSA) is 59.6 Å². The van der Waals surface area contributed by atoms with Crippen molar-refractivity contribution in [2.75, 3.05) is 37.5 Å². The zero-order valence-electron chi connectivity index (χ0n) is 12.8. The smallest absolute Gasteiger partial charge is 0.243 e. The molecule has 0 atom stereocenters. The van der Waals surface area contributed by atoms with E-state index >= 15 is 0 Å². The van der Waals surface area contributed by atoms with E-state index in [-0.39, 0.29) is 12.5 Å². The number of benzene rings is 2. The van der Waals surface area contributed by atoms with E-state index in [1.54, 1.807) is 19.2 Å². The van der Waals surface area contributed by atoms with Crippen molar-refractivity contribution in [2.24, 2.45) is 0 Å². The second kappa shape index (κ2) is 9.17. The maximum atomic E-state index is 11.9. The first-order chi connectivity index (χ1) is 11.2. The van der Waals surface area contributed by atoms with Gasteiger partial charge >= 0.3 is 0 Å². The standard InChI is InChI=1S/C17H19BrN2O3/c1-22-9-10-23-16-7-5-14(6-8-16)20-17(21)12-19-15-4-2-3-13(18)11-15/h2-8,11,19H,9-10,12H2,1H3,(H,20,21). The molecule has 1 amide bonds. The van der Waals surface area contributed by atoms with Crippen LogP contribution in [0.25, 0.3) is 0 Å². The first-order valence-corrected chi connectivity index (χ1v) is 7.98. The van der Waals surface area contributed by atoms with E-state index in [1.807, 2.05) is 36.4 Å². The minimum Gasteiger partial charge on any atom is -0.491 e. The lowest BCUT2D eigenvalue weighted by Crippen LogP contribution is -2.21. The summed E-state index contributed by atoms with van der Waals surface area (Å²) in [6.07, 6.45) is 0. The number of amides is 1. The molecule has 0 aliphatic rings. The average molecular weight is 379 g/mol. The molecular formula is C17H19BrN2O3. The van der Waals surface area contributed by atoms with Crippen molar-refractivity contribution in [3.05, 3.63) is 53.0 Å². The zero-order valence-corrected chi connectivity index (χ0v) is 14.4. The van der Waals surface area contributed by atoms with Gasteiger partial charge in [-0.2, -0.15) is 0 Å². The number of carbonyl (C=O) groups is 1. The summed E-state index contributed by atoms with van der Waals surface area (Å²) in [5.41, 5.74) is 1.61. The van der Waals surface area contributed by atoms with Crippen molar-refractivity contribution in [3.8, 4) is 5.75 Å². The number of anilines is 2. The molecule has 5 nitrogen and oxygen atoms in total. The highest BCUT2D eigenvalue weighted by molar-refractivity contribution is 9.10. The first-order valence-electron chi connectivity index (χ1n) is 7.18. The van der Waals surface area contributed by atoms with Crippen LogP contribution in [0, 0.1) is 0 Å². The Bertz CT molecular complexity index is 632. The van der Waals surface area contributed by atoms with Crippen LogP contribution in [0.4, 0.5) is 11.4 Å². The third kappa shape index (κ3) is 6.30. The highest BCUT2D eigenvalue weighted by atomic mass is 79.9. The van der Waals surface area contributed by atoms with Gasteiger partial charge in [0.2, 0.25) is 5.91 Å². The third-order valence-corrected chi connectivity index (χ3v) is 3.47. The quantitative estimate of drug-likeness (QED) is 0.689. The van der Waals surface area contributed by atoms with Crippen LogP contribution in [0.3, 0.4) is 0 Å². The van der Waals surface area contributed by atoms with E-state index in [0.29, 0.717) is 13.2 Å². The van der Waals surface area contributed by atoms with E-state index in [9.17, 15) is 4.79 Å². The lowest BCUT2D eigenvalue weighted by Gasteiger charge is -2.09. The lowest BCUT2D eigenvalue weighted by atomic mass is 10.3. The molecule has 2 rings (SSSR count). The molecule has 2 aromatic rings. The Balaban J connectivity index is 1.78. The molecule has 23 heavy (non-hydrogen) atoms.